The van der Waals surface area contributed by atoms with E-state index >= 15 is 0 Å². The lowest BCUT2D eigenvalue weighted by atomic mass is 9.95. The highest BCUT2D eigenvalue weighted by Crippen LogP contribution is 2.39. The summed E-state index contributed by atoms with van der Waals surface area (Å²) in [6, 6.07) is 5.43. The molecule has 1 N–H and O–H groups in total. The molecule has 0 atom stereocenters. The van der Waals surface area contributed by atoms with Crippen molar-refractivity contribution in [3.63, 3.8) is 0 Å². The number of amides is 1. The number of aryl methyl sites for hydroxylation is 2. The summed E-state index contributed by atoms with van der Waals surface area (Å²) < 4.78 is 6.09. The van der Waals surface area contributed by atoms with Gasteiger partial charge in [0.2, 0.25) is 5.91 Å². The van der Waals surface area contributed by atoms with E-state index in [1.807, 2.05) is 13.0 Å². The van der Waals surface area contributed by atoms with E-state index in [0.717, 1.165) is 51.7 Å². The number of benzene rings is 1. The fraction of sp³-hybridized carbons (Fsp3) is 0.375. The molecule has 180 valence electrons. The van der Waals surface area contributed by atoms with Crippen LogP contribution in [0.15, 0.2) is 22.5 Å². The maximum atomic E-state index is 12.8. The van der Waals surface area contributed by atoms with Crippen LogP contribution < -0.4 is 5.32 Å². The van der Waals surface area contributed by atoms with Crippen molar-refractivity contribution in [2.75, 3.05) is 17.7 Å². The molecule has 1 aliphatic rings. The van der Waals surface area contributed by atoms with Crippen LogP contribution in [0.2, 0.25) is 10.0 Å². The zero-order valence-electron chi connectivity index (χ0n) is 18.8. The molecule has 0 bridgehead atoms. The number of esters is 1. The summed E-state index contributed by atoms with van der Waals surface area (Å²) in [7, 11) is 0. The number of carbonyl (C=O) groups is 2. The second-order valence-corrected chi connectivity index (χ2v) is 12.1. The Hall–Kier alpha value is -1.58. The monoisotopic (exact) mass is 554 g/mol. The summed E-state index contributed by atoms with van der Waals surface area (Å²) in [4.78, 5) is 32.2. The van der Waals surface area contributed by atoms with Gasteiger partial charge in [-0.2, -0.15) is 0 Å². The summed E-state index contributed by atoms with van der Waals surface area (Å²) in [6.07, 6.45) is 4.58. The molecule has 4 rings (SSSR count). The van der Waals surface area contributed by atoms with E-state index in [1.54, 1.807) is 30.4 Å². The van der Waals surface area contributed by atoms with Crippen LogP contribution in [0, 0.1) is 6.92 Å². The summed E-state index contributed by atoms with van der Waals surface area (Å²) in [5, 5.41) is 4.87. The molecule has 1 aliphatic carbocycles. The van der Waals surface area contributed by atoms with Crippen LogP contribution in [-0.4, -0.2) is 29.2 Å². The van der Waals surface area contributed by atoms with Crippen LogP contribution in [-0.2, 0) is 28.8 Å². The molecule has 5 nitrogen and oxygen atoms in total. The number of thiophene rings is 1. The number of anilines is 1. The number of thiazole rings is 1. The third-order valence-electron chi connectivity index (χ3n) is 5.46. The number of fused-ring (bicyclic) bond motifs is 1. The molecule has 34 heavy (non-hydrogen) atoms. The van der Waals surface area contributed by atoms with Gasteiger partial charge >= 0.3 is 5.97 Å². The number of nitrogens with one attached hydrogen (secondary N) is 1. The first-order valence-electron chi connectivity index (χ1n) is 11.0. The Morgan fingerprint density at radius 3 is 2.79 bits per heavy atom. The lowest BCUT2D eigenvalue weighted by Crippen LogP contribution is -2.17. The van der Waals surface area contributed by atoms with Crippen molar-refractivity contribution in [2.24, 2.45) is 0 Å². The van der Waals surface area contributed by atoms with Crippen molar-refractivity contribution in [1.29, 1.82) is 0 Å². The quantitative estimate of drug-likeness (QED) is 0.235. The second-order valence-electron chi connectivity index (χ2n) is 7.87. The Morgan fingerprint density at radius 1 is 1.21 bits per heavy atom. The number of aromatic nitrogens is 1. The molecule has 3 aromatic rings. The van der Waals surface area contributed by atoms with E-state index in [2.05, 4.69) is 10.3 Å². The van der Waals surface area contributed by atoms with Gasteiger partial charge in [0.15, 0.2) is 4.34 Å². The van der Waals surface area contributed by atoms with Crippen molar-refractivity contribution in [3.8, 4) is 0 Å². The Balaban J connectivity index is 1.42. The predicted octanol–water partition coefficient (Wildman–Crippen LogP) is 7.20. The Bertz CT molecular complexity index is 1220. The fourth-order valence-electron chi connectivity index (χ4n) is 3.84. The molecule has 1 aromatic carbocycles. The molecule has 2 aromatic heterocycles. The number of hydrogen-bond donors (Lipinski definition) is 1. The Morgan fingerprint density at radius 2 is 2.00 bits per heavy atom. The normalized spacial score (nSPS) is 12.9. The summed E-state index contributed by atoms with van der Waals surface area (Å²) in [5.41, 5.74) is 3.44. The largest absolute Gasteiger partial charge is 0.462 e. The second kappa shape index (κ2) is 11.4. The number of hydrogen-bond acceptors (Lipinski definition) is 7. The van der Waals surface area contributed by atoms with E-state index in [9.17, 15) is 9.59 Å². The first-order chi connectivity index (χ1) is 16.4. The van der Waals surface area contributed by atoms with E-state index in [1.165, 1.54) is 28.0 Å². The van der Waals surface area contributed by atoms with Crippen LogP contribution in [0.4, 0.5) is 5.00 Å². The average Bonchev–Trinajstić information content (AvgIpc) is 3.34. The number of ether oxygens (including phenoxy) is 1. The maximum Gasteiger partial charge on any atom is 0.341 e. The van der Waals surface area contributed by atoms with Crippen molar-refractivity contribution >= 4 is 74.5 Å². The first kappa shape index (κ1) is 25.5. The highest BCUT2D eigenvalue weighted by atomic mass is 35.5. The molecule has 0 saturated heterocycles. The highest BCUT2D eigenvalue weighted by molar-refractivity contribution is 8.01. The number of nitrogens with zero attached hydrogens (tertiary/aromatic N) is 1. The molecule has 10 heteroatoms. The average molecular weight is 556 g/mol. The molecule has 0 radical (unpaired) electrons. The zero-order chi connectivity index (χ0) is 24.2. The predicted molar refractivity (Wildman–Crippen MR) is 142 cm³/mol. The topological polar surface area (TPSA) is 68.3 Å². The summed E-state index contributed by atoms with van der Waals surface area (Å²) in [5.74, 6) is -0.319. The third kappa shape index (κ3) is 5.97. The van der Waals surface area contributed by atoms with Crippen molar-refractivity contribution in [3.05, 3.63) is 60.4 Å². The van der Waals surface area contributed by atoms with Gasteiger partial charge in [-0.15, -0.1) is 22.7 Å². The first-order valence-corrected chi connectivity index (χ1v) is 14.4. The summed E-state index contributed by atoms with van der Waals surface area (Å²) >= 11 is 16.9. The van der Waals surface area contributed by atoms with E-state index in [-0.39, 0.29) is 17.6 Å². The molecule has 0 saturated carbocycles. The van der Waals surface area contributed by atoms with Gasteiger partial charge in [-0.05, 0) is 68.9 Å². The van der Waals surface area contributed by atoms with Crippen LogP contribution in [0.3, 0.4) is 0 Å². The number of thioether (sulfide) groups is 1. The Labute approximate surface area is 221 Å². The van der Waals surface area contributed by atoms with Gasteiger partial charge < -0.3 is 10.1 Å². The van der Waals surface area contributed by atoms with Crippen LogP contribution in [0.25, 0.3) is 0 Å². The fourth-order valence-corrected chi connectivity index (χ4v) is 7.57. The molecular formula is C24H24Cl2N2O3S3. The SMILES string of the molecule is CCOC(=O)c1c(NC(=O)CSc2nc(C)c(Cc3cc(Cl)ccc3Cl)s2)sc2c1CCCC2. The van der Waals surface area contributed by atoms with E-state index < -0.39 is 0 Å². The van der Waals surface area contributed by atoms with Gasteiger partial charge in [0.05, 0.1) is 23.6 Å². The van der Waals surface area contributed by atoms with Gasteiger partial charge in [-0.25, -0.2) is 9.78 Å². The minimum atomic E-state index is -0.357. The minimum Gasteiger partial charge on any atom is -0.462 e. The smallest absolute Gasteiger partial charge is 0.341 e. The number of halogens is 2. The summed E-state index contributed by atoms with van der Waals surface area (Å²) in [6.45, 7) is 4.05. The minimum absolute atomic E-state index is 0.165. The number of carbonyl (C=O) groups excluding carboxylic acids is 2. The third-order valence-corrected chi connectivity index (χ3v) is 9.57. The molecule has 0 aliphatic heterocycles. The van der Waals surface area contributed by atoms with Crippen LogP contribution in [0.1, 0.15) is 56.7 Å². The molecule has 1 amide bonds. The highest BCUT2D eigenvalue weighted by Gasteiger charge is 2.27. The molecule has 2 heterocycles. The van der Waals surface area contributed by atoms with E-state index in [4.69, 9.17) is 27.9 Å². The standard InChI is InChI=1S/C24H24Cl2N2O3S3/c1-3-31-23(30)21-16-6-4-5-7-18(16)33-22(21)28-20(29)12-32-24-27-13(2)19(34-24)11-14-10-15(25)8-9-17(14)26/h8-10H,3-7,11-12H2,1-2H3,(H,28,29). The Kier molecular flexibility index (Phi) is 8.58. The van der Waals surface area contributed by atoms with Gasteiger partial charge in [0.25, 0.3) is 0 Å². The van der Waals surface area contributed by atoms with Gasteiger partial charge in [-0.3, -0.25) is 4.79 Å². The van der Waals surface area contributed by atoms with Crippen LogP contribution >= 0.6 is 57.6 Å². The number of rotatable bonds is 8. The van der Waals surface area contributed by atoms with Gasteiger partial charge in [0.1, 0.15) is 5.00 Å². The lowest BCUT2D eigenvalue weighted by molar-refractivity contribution is -0.113. The molecule has 0 spiro atoms. The van der Waals surface area contributed by atoms with Crippen molar-refractivity contribution in [2.45, 2.75) is 50.3 Å². The zero-order valence-corrected chi connectivity index (χ0v) is 22.8. The van der Waals surface area contributed by atoms with Crippen molar-refractivity contribution in [1.82, 2.24) is 4.98 Å². The van der Waals surface area contributed by atoms with Crippen molar-refractivity contribution < 1.29 is 14.3 Å². The van der Waals surface area contributed by atoms with Gasteiger partial charge in [0, 0.05) is 26.2 Å². The van der Waals surface area contributed by atoms with Crippen LogP contribution in [0.5, 0.6) is 0 Å². The lowest BCUT2D eigenvalue weighted by Gasteiger charge is -2.12. The molecule has 0 fully saturated rings. The maximum absolute atomic E-state index is 12.8. The van der Waals surface area contributed by atoms with Gasteiger partial charge in [-0.1, -0.05) is 35.0 Å². The molecule has 0 unspecified atom stereocenters. The molecular weight excluding hydrogens is 531 g/mol. The van der Waals surface area contributed by atoms with E-state index in [0.29, 0.717) is 33.6 Å².